The third kappa shape index (κ3) is 11.5. The predicted molar refractivity (Wildman–Crippen MR) is 141 cm³/mol. The van der Waals surface area contributed by atoms with E-state index < -0.39 is 24.1 Å². The molecule has 10 heteroatoms. The molecular formula is C25H40N3O5PS. The van der Waals surface area contributed by atoms with Crippen molar-refractivity contribution in [2.75, 3.05) is 11.9 Å². The number of nitrogens with one attached hydrogen (secondary N) is 1. The zero-order valence-electron chi connectivity index (χ0n) is 20.7. The molecular weight excluding hydrogens is 485 g/mol. The number of unbranched alkanes of at least 4 members (excludes halogenated alkanes) is 7. The number of anilines is 1. The molecule has 1 saturated heterocycles. The van der Waals surface area contributed by atoms with Crippen molar-refractivity contribution in [1.82, 2.24) is 9.55 Å². The normalized spacial score (nSPS) is 20.4. The summed E-state index contributed by atoms with van der Waals surface area (Å²) in [6.45, 7) is 2.87. The Morgan fingerprint density at radius 1 is 1.26 bits per heavy atom. The summed E-state index contributed by atoms with van der Waals surface area (Å²) in [5.74, 6) is 0.833. The van der Waals surface area contributed by atoms with Crippen molar-refractivity contribution in [3.05, 3.63) is 22.7 Å². The van der Waals surface area contributed by atoms with Crippen LogP contribution in [0.5, 0.6) is 0 Å². The number of nitrogens with zero attached hydrogens (tertiary/aromatic N) is 2. The van der Waals surface area contributed by atoms with Gasteiger partial charge in [-0.2, -0.15) is 4.98 Å². The number of hydrogen-bond donors (Lipinski definition) is 3. The average molecular weight is 526 g/mol. The zero-order valence-corrected chi connectivity index (χ0v) is 22.4. The second kappa shape index (κ2) is 17.2. The SMILES string of the molecule is CC(CCCC#P=S)CCCCCCCCCC(=O)Nc1ccn([C@H]2C[C@H](O)[C@@H](CO)O2)c(=O)n1. The zero-order chi connectivity index (χ0) is 25.5. The number of carbonyl (C=O) groups is 1. The molecule has 4 atom stereocenters. The molecule has 0 aromatic carbocycles. The van der Waals surface area contributed by atoms with Crippen LogP contribution in [-0.4, -0.2) is 44.5 Å². The molecule has 35 heavy (non-hydrogen) atoms. The first-order valence-corrected chi connectivity index (χ1v) is 14.7. The molecule has 0 saturated carbocycles. The van der Waals surface area contributed by atoms with Crippen LogP contribution in [0.2, 0.25) is 0 Å². The van der Waals surface area contributed by atoms with E-state index in [2.05, 4.69) is 22.9 Å². The molecule has 0 bridgehead atoms. The first kappa shape index (κ1) is 29.9. The molecule has 3 N–H and O–H groups in total. The van der Waals surface area contributed by atoms with E-state index in [1.807, 2.05) is 0 Å². The van der Waals surface area contributed by atoms with Gasteiger partial charge in [-0.15, -0.1) is 0 Å². The molecule has 0 aliphatic carbocycles. The van der Waals surface area contributed by atoms with Gasteiger partial charge in [0, 0.05) is 19.0 Å². The van der Waals surface area contributed by atoms with Gasteiger partial charge in [-0.3, -0.25) is 9.36 Å². The van der Waals surface area contributed by atoms with Crippen molar-refractivity contribution in [2.24, 2.45) is 5.92 Å². The Morgan fingerprint density at radius 3 is 2.60 bits per heavy atom. The van der Waals surface area contributed by atoms with Crippen molar-refractivity contribution in [2.45, 2.75) is 109 Å². The van der Waals surface area contributed by atoms with Crippen molar-refractivity contribution < 1.29 is 19.7 Å². The molecule has 1 unspecified atom stereocenters. The minimum Gasteiger partial charge on any atom is -0.394 e. The summed E-state index contributed by atoms with van der Waals surface area (Å²) in [4.78, 5) is 28.4. The fourth-order valence-corrected chi connectivity index (χ4v) is 4.86. The van der Waals surface area contributed by atoms with Crippen LogP contribution in [0.15, 0.2) is 17.1 Å². The molecule has 1 aliphatic heterocycles. The van der Waals surface area contributed by atoms with Gasteiger partial charge in [0.25, 0.3) is 0 Å². The molecule has 196 valence electrons. The molecule has 0 spiro atoms. The third-order valence-electron chi connectivity index (χ3n) is 6.44. The molecule has 8 nitrogen and oxygen atoms in total. The second-order valence-corrected chi connectivity index (χ2v) is 10.5. The predicted octanol–water partition coefficient (Wildman–Crippen LogP) is 4.51. The van der Waals surface area contributed by atoms with E-state index in [0.717, 1.165) is 38.4 Å². The molecule has 1 aromatic rings. The number of hydrogen-bond acceptors (Lipinski definition) is 7. The molecule has 2 heterocycles. The van der Waals surface area contributed by atoms with Gasteiger partial charge >= 0.3 is 107 Å². The van der Waals surface area contributed by atoms with E-state index in [9.17, 15) is 19.8 Å². The van der Waals surface area contributed by atoms with Gasteiger partial charge in [-0.1, -0.05) is 0 Å². The van der Waals surface area contributed by atoms with Crippen LogP contribution in [0.25, 0.3) is 0 Å². The van der Waals surface area contributed by atoms with Gasteiger partial charge in [0.1, 0.15) is 18.1 Å². The Labute approximate surface area is 214 Å². The monoisotopic (exact) mass is 525 g/mol. The number of aromatic nitrogens is 2. The van der Waals surface area contributed by atoms with Gasteiger partial charge in [0.05, 0.1) is 12.7 Å². The fraction of sp³-hybridized carbons (Fsp3) is 0.760. The van der Waals surface area contributed by atoms with Gasteiger partial charge in [-0.25, -0.2) is 4.79 Å². The summed E-state index contributed by atoms with van der Waals surface area (Å²) in [6.07, 6.45) is 12.6. The van der Waals surface area contributed by atoms with Crippen LogP contribution >= 0.6 is 6.81 Å². The van der Waals surface area contributed by atoms with Crippen LogP contribution in [0.1, 0.15) is 96.6 Å². The Morgan fingerprint density at radius 2 is 1.94 bits per heavy atom. The Hall–Kier alpha value is -1.34. The van der Waals surface area contributed by atoms with Crippen LogP contribution in [0, 0.1) is 11.5 Å². The van der Waals surface area contributed by atoms with Crippen LogP contribution in [0.4, 0.5) is 5.82 Å². The number of aliphatic hydroxyl groups is 2. The quantitative estimate of drug-likeness (QED) is 0.215. The van der Waals surface area contributed by atoms with Crippen LogP contribution in [0.3, 0.4) is 0 Å². The Bertz CT molecular complexity index is 938. The number of ether oxygens (including phenoxy) is 1. The first-order chi connectivity index (χ1) is 16.9. The van der Waals surface area contributed by atoms with Crippen molar-refractivity contribution in [3.63, 3.8) is 0 Å². The van der Waals surface area contributed by atoms with E-state index in [0.29, 0.717) is 6.42 Å². The minimum absolute atomic E-state index is 0.154. The Balaban J connectivity index is 1.53. The standard InChI is InChI=1S/C25H40N3O5PS/c1-19(12-9-10-16-34-35)11-7-5-3-2-4-6-8-13-23(31)26-22-14-15-28(25(32)27-22)24-17-20(30)21(18-29)33-24/h14-15,19-21,24,29-30H,2-13,17-18H2,1H3,(H,26,27,31,32)/t19?,20-,21+,24+/m0/s1. The topological polar surface area (TPSA) is 114 Å². The average Bonchev–Trinajstić information content (AvgIpc) is 3.21. The summed E-state index contributed by atoms with van der Waals surface area (Å²) >= 11 is 4.85. The molecule has 0 radical (unpaired) electrons. The summed E-state index contributed by atoms with van der Waals surface area (Å²) in [5.41, 5.74) is 2.60. The van der Waals surface area contributed by atoms with Crippen LogP contribution in [-0.2, 0) is 21.3 Å². The molecule has 1 fully saturated rings. The van der Waals surface area contributed by atoms with Gasteiger partial charge < -0.3 is 20.3 Å². The summed E-state index contributed by atoms with van der Waals surface area (Å²) in [7, 11) is 0. The maximum absolute atomic E-state index is 12.3. The van der Waals surface area contributed by atoms with E-state index in [1.54, 1.807) is 6.07 Å². The van der Waals surface area contributed by atoms with Crippen LogP contribution < -0.4 is 11.0 Å². The number of aliphatic hydroxyl groups excluding tert-OH is 2. The first-order valence-electron chi connectivity index (χ1n) is 12.8. The molecule has 1 amide bonds. The second-order valence-electron chi connectivity index (χ2n) is 9.43. The van der Waals surface area contributed by atoms with Crippen molar-refractivity contribution in [1.29, 1.82) is 0 Å². The fourth-order valence-electron chi connectivity index (χ4n) is 4.34. The maximum atomic E-state index is 12.3. The Kier molecular flexibility index (Phi) is 14.7. The van der Waals surface area contributed by atoms with E-state index in [4.69, 9.17) is 16.5 Å². The van der Waals surface area contributed by atoms with E-state index in [1.165, 1.54) is 55.7 Å². The van der Waals surface area contributed by atoms with E-state index >= 15 is 0 Å². The van der Waals surface area contributed by atoms with Gasteiger partial charge in [0.15, 0.2) is 0 Å². The summed E-state index contributed by atoms with van der Waals surface area (Å²) in [6, 6.07) is 1.54. The summed E-state index contributed by atoms with van der Waals surface area (Å²) in [5, 5.41) is 21.7. The molecule has 1 aromatic heterocycles. The third-order valence-corrected chi connectivity index (χ3v) is 7.18. The van der Waals surface area contributed by atoms with E-state index in [-0.39, 0.29) is 24.8 Å². The van der Waals surface area contributed by atoms with Crippen molar-refractivity contribution >= 4 is 30.3 Å². The smallest absolute Gasteiger partial charge is 0.394 e. The summed E-state index contributed by atoms with van der Waals surface area (Å²) < 4.78 is 6.74. The number of carbonyl (C=O) groups excluding carboxylic acids is 1. The van der Waals surface area contributed by atoms with Gasteiger partial charge in [-0.05, 0) is 12.5 Å². The molecule has 2 rings (SSSR count). The minimum atomic E-state index is -0.833. The molecule has 1 aliphatic rings. The number of rotatable bonds is 16. The number of amides is 1. The van der Waals surface area contributed by atoms with Gasteiger partial charge in [0.2, 0.25) is 5.91 Å². The van der Waals surface area contributed by atoms with Crippen molar-refractivity contribution in [3.8, 4) is 5.63 Å².